The second-order valence-electron chi connectivity index (χ2n) is 2.80. The van der Waals surface area contributed by atoms with E-state index < -0.39 is 0 Å². The van der Waals surface area contributed by atoms with E-state index in [1.54, 1.807) is 6.07 Å². The average Bonchev–Trinajstić information content (AvgIpc) is 2.16. The van der Waals surface area contributed by atoms with E-state index in [-0.39, 0.29) is 0 Å². The molecule has 1 aromatic carbocycles. The van der Waals surface area contributed by atoms with Gasteiger partial charge in [0.1, 0.15) is 0 Å². The van der Waals surface area contributed by atoms with Crippen molar-refractivity contribution >= 4 is 40.0 Å². The molecule has 76 valence electrons. The molecule has 0 saturated carbocycles. The number of thioether (sulfide) groups is 1. The molecular weight excluding hydrogens is 237 g/mol. The highest BCUT2D eigenvalue weighted by atomic mass is 35.5. The molecule has 0 aliphatic carbocycles. The van der Waals surface area contributed by atoms with Crippen molar-refractivity contribution in [2.75, 3.05) is 0 Å². The lowest BCUT2D eigenvalue weighted by atomic mass is 10.2. The van der Waals surface area contributed by atoms with Crippen molar-refractivity contribution in [1.29, 1.82) is 5.41 Å². The monoisotopic (exact) mass is 247 g/mol. The first-order valence-electron chi connectivity index (χ1n) is 4.27. The Hall–Kier alpha value is -0.180. The van der Waals surface area contributed by atoms with Crippen LogP contribution < -0.4 is 0 Å². The van der Waals surface area contributed by atoms with Crippen molar-refractivity contribution < 1.29 is 0 Å². The van der Waals surface area contributed by atoms with Gasteiger partial charge in [0.05, 0.1) is 5.04 Å². The fourth-order valence-electron chi connectivity index (χ4n) is 0.906. The number of halogens is 2. The Kier molecular flexibility index (Phi) is 4.79. The third kappa shape index (κ3) is 3.52. The Morgan fingerprint density at radius 2 is 2.14 bits per heavy atom. The van der Waals surface area contributed by atoms with Crippen LogP contribution >= 0.6 is 35.0 Å². The van der Waals surface area contributed by atoms with Crippen molar-refractivity contribution in [3.8, 4) is 0 Å². The number of rotatable bonds is 3. The van der Waals surface area contributed by atoms with Gasteiger partial charge in [-0.15, -0.1) is 11.8 Å². The molecule has 0 saturated heterocycles. The molecular formula is C10H11Cl2NS. The molecule has 0 amide bonds. The van der Waals surface area contributed by atoms with Gasteiger partial charge in [0.25, 0.3) is 0 Å². The summed E-state index contributed by atoms with van der Waals surface area (Å²) in [6.07, 6.45) is 0.774. The van der Waals surface area contributed by atoms with Crippen LogP contribution in [-0.4, -0.2) is 5.04 Å². The van der Waals surface area contributed by atoms with Gasteiger partial charge >= 0.3 is 0 Å². The van der Waals surface area contributed by atoms with E-state index in [1.165, 1.54) is 11.8 Å². The molecule has 14 heavy (non-hydrogen) atoms. The Labute approximate surface area is 98.3 Å². The molecule has 0 fully saturated rings. The highest BCUT2D eigenvalue weighted by Gasteiger charge is 2.02. The van der Waals surface area contributed by atoms with Crippen molar-refractivity contribution in [3.63, 3.8) is 0 Å². The summed E-state index contributed by atoms with van der Waals surface area (Å²) in [5, 5.41) is 9.49. The van der Waals surface area contributed by atoms with Gasteiger partial charge in [-0.05, 0) is 24.1 Å². The third-order valence-corrected chi connectivity index (χ3v) is 3.42. The zero-order chi connectivity index (χ0) is 10.6. The summed E-state index contributed by atoms with van der Waals surface area (Å²) >= 11 is 13.3. The minimum atomic E-state index is 0.648. The van der Waals surface area contributed by atoms with Gasteiger partial charge in [0.15, 0.2) is 0 Å². The molecule has 0 aromatic heterocycles. The van der Waals surface area contributed by atoms with Crippen molar-refractivity contribution in [1.82, 2.24) is 0 Å². The maximum Gasteiger partial charge on any atom is 0.0641 e. The van der Waals surface area contributed by atoms with Gasteiger partial charge in [-0.25, -0.2) is 0 Å². The van der Waals surface area contributed by atoms with Gasteiger partial charge in [-0.2, -0.15) is 0 Å². The molecule has 1 aromatic rings. The Morgan fingerprint density at radius 1 is 1.43 bits per heavy atom. The van der Waals surface area contributed by atoms with Gasteiger partial charge in [0, 0.05) is 15.8 Å². The maximum atomic E-state index is 7.49. The standard InChI is InChI=1S/C10H11Cl2NS/c1-2-10(13)14-6-7-3-4-8(11)5-9(7)12/h3-5,13H,2,6H2,1H3. The van der Waals surface area contributed by atoms with Crippen molar-refractivity contribution in [2.45, 2.75) is 19.1 Å². The number of nitrogens with one attached hydrogen (secondary N) is 1. The topological polar surface area (TPSA) is 23.9 Å². The second-order valence-corrected chi connectivity index (χ2v) is 4.71. The SMILES string of the molecule is CCC(=N)SCc1ccc(Cl)cc1Cl. The Morgan fingerprint density at radius 3 is 2.71 bits per heavy atom. The molecule has 1 nitrogen and oxygen atoms in total. The number of hydrogen-bond acceptors (Lipinski definition) is 2. The summed E-state index contributed by atoms with van der Waals surface area (Å²) in [7, 11) is 0. The summed E-state index contributed by atoms with van der Waals surface area (Å²) < 4.78 is 0. The first-order valence-corrected chi connectivity index (χ1v) is 6.01. The van der Waals surface area contributed by atoms with Crippen LogP contribution in [0.5, 0.6) is 0 Å². The summed E-state index contributed by atoms with van der Waals surface area (Å²) in [6.45, 7) is 1.97. The molecule has 0 spiro atoms. The zero-order valence-electron chi connectivity index (χ0n) is 7.81. The lowest BCUT2D eigenvalue weighted by Gasteiger charge is -2.04. The molecule has 4 heteroatoms. The molecule has 1 N–H and O–H groups in total. The number of hydrogen-bond donors (Lipinski definition) is 1. The molecule has 0 bridgehead atoms. The lowest BCUT2D eigenvalue weighted by Crippen LogP contribution is -1.89. The summed E-state index contributed by atoms with van der Waals surface area (Å²) in [5.41, 5.74) is 1.03. The van der Waals surface area contributed by atoms with Crippen LogP contribution in [0.3, 0.4) is 0 Å². The van der Waals surface area contributed by atoms with Gasteiger partial charge in [0.2, 0.25) is 0 Å². The van der Waals surface area contributed by atoms with Crippen LogP contribution in [0.2, 0.25) is 10.0 Å². The lowest BCUT2D eigenvalue weighted by molar-refractivity contribution is 1.28. The summed E-state index contributed by atoms with van der Waals surface area (Å²) in [5.74, 6) is 0.739. The minimum absolute atomic E-state index is 0.648. The Balaban J connectivity index is 2.63. The number of benzene rings is 1. The highest BCUT2D eigenvalue weighted by Crippen LogP contribution is 2.25. The van der Waals surface area contributed by atoms with Crippen molar-refractivity contribution in [3.05, 3.63) is 33.8 Å². The molecule has 0 aliphatic heterocycles. The van der Waals surface area contributed by atoms with E-state index in [1.807, 2.05) is 19.1 Å². The largest absolute Gasteiger partial charge is 0.298 e. The maximum absolute atomic E-state index is 7.49. The average molecular weight is 248 g/mol. The van der Waals surface area contributed by atoms with Crippen LogP contribution in [0.15, 0.2) is 18.2 Å². The highest BCUT2D eigenvalue weighted by molar-refractivity contribution is 8.13. The van der Waals surface area contributed by atoms with Gasteiger partial charge < -0.3 is 0 Å². The van der Waals surface area contributed by atoms with Crippen LogP contribution in [0, 0.1) is 5.41 Å². The van der Waals surface area contributed by atoms with E-state index in [4.69, 9.17) is 28.6 Å². The molecule has 0 atom stereocenters. The van der Waals surface area contributed by atoms with Gasteiger partial charge in [-0.1, -0.05) is 36.2 Å². The smallest absolute Gasteiger partial charge is 0.0641 e. The fourth-order valence-corrected chi connectivity index (χ4v) is 2.25. The predicted octanol–water partition coefficient (Wildman–Crippen LogP) is 4.61. The summed E-state index contributed by atoms with van der Waals surface area (Å²) in [4.78, 5) is 0. The van der Waals surface area contributed by atoms with E-state index in [0.29, 0.717) is 15.1 Å². The molecule has 0 aliphatic rings. The first kappa shape index (κ1) is 11.9. The molecule has 0 unspecified atom stereocenters. The zero-order valence-corrected chi connectivity index (χ0v) is 10.1. The van der Waals surface area contributed by atoms with E-state index >= 15 is 0 Å². The van der Waals surface area contributed by atoms with Gasteiger partial charge in [-0.3, -0.25) is 5.41 Å². The van der Waals surface area contributed by atoms with E-state index in [2.05, 4.69) is 0 Å². The van der Waals surface area contributed by atoms with Crippen LogP contribution in [-0.2, 0) is 5.75 Å². The summed E-state index contributed by atoms with van der Waals surface area (Å²) in [6, 6.07) is 5.45. The second kappa shape index (κ2) is 5.64. The normalized spacial score (nSPS) is 10.2. The molecule has 1 rings (SSSR count). The predicted molar refractivity (Wildman–Crippen MR) is 65.8 cm³/mol. The first-order chi connectivity index (χ1) is 6.63. The van der Waals surface area contributed by atoms with Crippen LogP contribution in [0.1, 0.15) is 18.9 Å². The van der Waals surface area contributed by atoms with Crippen molar-refractivity contribution in [2.24, 2.45) is 0 Å². The quantitative estimate of drug-likeness (QED) is 0.612. The van der Waals surface area contributed by atoms with E-state index in [9.17, 15) is 0 Å². The van der Waals surface area contributed by atoms with Crippen LogP contribution in [0.4, 0.5) is 0 Å². The molecule has 0 heterocycles. The third-order valence-electron chi connectivity index (χ3n) is 1.74. The minimum Gasteiger partial charge on any atom is -0.298 e. The van der Waals surface area contributed by atoms with Crippen LogP contribution in [0.25, 0.3) is 0 Å². The Bertz CT molecular complexity index is 339. The molecule has 0 radical (unpaired) electrons. The van der Waals surface area contributed by atoms with E-state index in [0.717, 1.165) is 17.7 Å². The fraction of sp³-hybridized carbons (Fsp3) is 0.300.